The minimum Gasteiger partial charge on any atom is -0.345 e. The third-order valence-corrected chi connectivity index (χ3v) is 4.67. The van der Waals surface area contributed by atoms with E-state index in [0.717, 1.165) is 29.0 Å². The molecule has 0 saturated heterocycles. The average Bonchev–Trinajstić information content (AvgIpc) is 2.95. The van der Waals surface area contributed by atoms with Crippen molar-refractivity contribution in [3.63, 3.8) is 0 Å². The number of aliphatic imine (C=N–C) groups is 1. The van der Waals surface area contributed by atoms with Crippen LogP contribution in [0.4, 0.5) is 11.4 Å². The lowest BCUT2D eigenvalue weighted by Crippen LogP contribution is -2.22. The molecule has 0 bridgehead atoms. The van der Waals surface area contributed by atoms with Gasteiger partial charge in [-0.3, -0.25) is 14.6 Å². The highest BCUT2D eigenvalue weighted by molar-refractivity contribution is 6.18. The van der Waals surface area contributed by atoms with Gasteiger partial charge in [0.15, 0.2) is 0 Å². The van der Waals surface area contributed by atoms with Crippen molar-refractivity contribution in [1.82, 2.24) is 9.80 Å². The molecule has 0 fully saturated rings. The number of nitrogens with zero attached hydrogens (tertiary/aromatic N) is 3. The van der Waals surface area contributed by atoms with Gasteiger partial charge in [0.25, 0.3) is 5.91 Å². The number of rotatable bonds is 5. The van der Waals surface area contributed by atoms with E-state index >= 15 is 0 Å². The number of fused-ring (bicyclic) bond motifs is 1. The van der Waals surface area contributed by atoms with E-state index < -0.39 is 5.92 Å². The summed E-state index contributed by atoms with van der Waals surface area (Å²) in [7, 11) is 7.47. The quantitative estimate of drug-likeness (QED) is 0.812. The first-order valence-corrected chi connectivity index (χ1v) is 9.21. The van der Waals surface area contributed by atoms with Gasteiger partial charge in [-0.05, 0) is 62.5 Å². The third-order valence-electron chi connectivity index (χ3n) is 4.67. The number of hydrogen-bond acceptors (Lipinski definition) is 4. The number of carbonyl (C=O) groups excluding carboxylic acids is 2. The van der Waals surface area contributed by atoms with E-state index in [0.29, 0.717) is 11.3 Å². The molecule has 1 aliphatic rings. The highest BCUT2D eigenvalue weighted by atomic mass is 16.2. The number of benzene rings is 2. The van der Waals surface area contributed by atoms with Crippen LogP contribution in [0, 0.1) is 0 Å². The van der Waals surface area contributed by atoms with Crippen molar-refractivity contribution in [2.75, 3.05) is 33.5 Å². The summed E-state index contributed by atoms with van der Waals surface area (Å²) in [5.74, 6) is -0.704. The Labute approximate surface area is 165 Å². The monoisotopic (exact) mass is 378 g/mol. The second kappa shape index (κ2) is 7.94. The summed E-state index contributed by atoms with van der Waals surface area (Å²) in [6.07, 6.45) is 0. The molecule has 1 N–H and O–H groups in total. The maximum atomic E-state index is 12.6. The van der Waals surface area contributed by atoms with Gasteiger partial charge in [-0.25, -0.2) is 0 Å². The second-order valence-electron chi connectivity index (χ2n) is 7.58. The van der Waals surface area contributed by atoms with Gasteiger partial charge in [-0.15, -0.1) is 0 Å². The van der Waals surface area contributed by atoms with Crippen LogP contribution in [0.2, 0.25) is 0 Å². The molecule has 146 valence electrons. The van der Waals surface area contributed by atoms with Crippen molar-refractivity contribution in [2.45, 2.75) is 19.4 Å². The molecule has 2 aromatic rings. The van der Waals surface area contributed by atoms with Crippen LogP contribution in [-0.4, -0.2) is 55.5 Å². The number of amides is 2. The molecule has 1 heterocycles. The Balaban J connectivity index is 1.94. The van der Waals surface area contributed by atoms with Crippen LogP contribution in [0.5, 0.6) is 0 Å². The fourth-order valence-electron chi connectivity index (χ4n) is 3.43. The molecule has 6 heteroatoms. The molecule has 6 nitrogen and oxygen atoms in total. The van der Waals surface area contributed by atoms with Crippen molar-refractivity contribution in [2.24, 2.45) is 4.99 Å². The highest BCUT2D eigenvalue weighted by Gasteiger charge is 2.33. The molecule has 0 aromatic heterocycles. The summed E-state index contributed by atoms with van der Waals surface area (Å²) < 4.78 is 0. The molecule has 1 aliphatic heterocycles. The fraction of sp³-hybridized carbons (Fsp3) is 0.318. The van der Waals surface area contributed by atoms with Crippen LogP contribution in [0.3, 0.4) is 0 Å². The van der Waals surface area contributed by atoms with E-state index in [1.54, 1.807) is 32.3 Å². The highest BCUT2D eigenvalue weighted by Crippen LogP contribution is 2.35. The van der Waals surface area contributed by atoms with Crippen LogP contribution in [0.15, 0.2) is 47.5 Å². The summed E-state index contributed by atoms with van der Waals surface area (Å²) in [4.78, 5) is 33.2. The summed E-state index contributed by atoms with van der Waals surface area (Å²) in [5.41, 5.74) is 4.77. The molecule has 2 aromatic carbocycles. The van der Waals surface area contributed by atoms with Gasteiger partial charge in [-0.1, -0.05) is 12.1 Å². The molecule has 28 heavy (non-hydrogen) atoms. The molecular weight excluding hydrogens is 352 g/mol. The molecule has 0 radical (unpaired) electrons. The average molecular weight is 378 g/mol. The topological polar surface area (TPSA) is 65.0 Å². The molecule has 2 amide bonds. The van der Waals surface area contributed by atoms with E-state index in [2.05, 4.69) is 16.3 Å². The Morgan fingerprint density at radius 2 is 1.86 bits per heavy atom. The second-order valence-corrected chi connectivity index (χ2v) is 7.58. The largest absolute Gasteiger partial charge is 0.345 e. The third kappa shape index (κ3) is 4.12. The Kier molecular flexibility index (Phi) is 5.61. The molecule has 0 spiro atoms. The van der Waals surface area contributed by atoms with Crippen LogP contribution in [0.1, 0.15) is 34.3 Å². The first-order chi connectivity index (χ1) is 13.3. The zero-order valence-electron chi connectivity index (χ0n) is 17.0. The summed E-state index contributed by atoms with van der Waals surface area (Å²) in [5, 5.41) is 2.90. The lowest BCUT2D eigenvalue weighted by Gasteiger charge is -2.13. The van der Waals surface area contributed by atoms with E-state index in [1.165, 1.54) is 4.90 Å². The predicted molar refractivity (Wildman–Crippen MR) is 112 cm³/mol. The van der Waals surface area contributed by atoms with Crippen LogP contribution in [-0.2, 0) is 11.3 Å². The molecule has 0 aliphatic carbocycles. The van der Waals surface area contributed by atoms with Gasteiger partial charge in [-0.2, -0.15) is 0 Å². The Bertz CT molecular complexity index is 947. The number of anilines is 1. The van der Waals surface area contributed by atoms with Crippen molar-refractivity contribution < 1.29 is 9.59 Å². The first-order valence-electron chi connectivity index (χ1n) is 9.21. The van der Waals surface area contributed by atoms with E-state index in [4.69, 9.17) is 4.99 Å². The maximum Gasteiger partial charge on any atom is 0.253 e. The van der Waals surface area contributed by atoms with Crippen molar-refractivity contribution in [3.8, 4) is 0 Å². The van der Waals surface area contributed by atoms with E-state index in [1.807, 2.05) is 39.2 Å². The first kappa shape index (κ1) is 19.8. The Morgan fingerprint density at radius 3 is 2.54 bits per heavy atom. The molecule has 3 rings (SSSR count). The van der Waals surface area contributed by atoms with Gasteiger partial charge in [0.05, 0.1) is 5.69 Å². The number of hydrogen-bond donors (Lipinski definition) is 1. The predicted octanol–water partition coefficient (Wildman–Crippen LogP) is 3.28. The number of nitrogens with one attached hydrogen (secondary N) is 1. The minimum atomic E-state index is -0.498. The van der Waals surface area contributed by atoms with Gasteiger partial charge < -0.3 is 15.1 Å². The van der Waals surface area contributed by atoms with E-state index in [9.17, 15) is 9.59 Å². The Morgan fingerprint density at radius 1 is 1.11 bits per heavy atom. The summed E-state index contributed by atoms with van der Waals surface area (Å²) in [6, 6.07) is 13.3. The molecule has 0 saturated carbocycles. The smallest absolute Gasteiger partial charge is 0.253 e. The van der Waals surface area contributed by atoms with Crippen molar-refractivity contribution in [3.05, 3.63) is 59.2 Å². The van der Waals surface area contributed by atoms with Crippen LogP contribution >= 0.6 is 0 Å². The lowest BCUT2D eigenvalue weighted by molar-refractivity contribution is -0.115. The van der Waals surface area contributed by atoms with Crippen molar-refractivity contribution in [1.29, 1.82) is 0 Å². The molecular formula is C22H26N4O2. The standard InChI is InChI=1S/C22H26N4O2/c1-14(23-17-8-6-7-15(11-17)13-25(2)3)20-18-12-16(22(28)26(4)5)9-10-19(18)24-21(20)27/h6-12,20H,13H2,1-5H3,(H,24,27). The SMILES string of the molecule is CC(=Nc1cccc(CN(C)C)c1)C1C(=O)Nc2ccc(C(=O)N(C)C)cc21. The van der Waals surface area contributed by atoms with Gasteiger partial charge in [0.1, 0.15) is 5.92 Å². The van der Waals surface area contributed by atoms with Crippen LogP contribution in [0.25, 0.3) is 0 Å². The zero-order chi connectivity index (χ0) is 20.4. The van der Waals surface area contributed by atoms with E-state index in [-0.39, 0.29) is 11.8 Å². The normalized spacial score (nSPS) is 16.1. The van der Waals surface area contributed by atoms with Crippen LogP contribution < -0.4 is 5.32 Å². The van der Waals surface area contributed by atoms with Gasteiger partial charge >= 0.3 is 0 Å². The van der Waals surface area contributed by atoms with Gasteiger partial charge in [0, 0.05) is 37.6 Å². The number of carbonyl (C=O) groups is 2. The lowest BCUT2D eigenvalue weighted by atomic mass is 9.94. The van der Waals surface area contributed by atoms with Crippen molar-refractivity contribution >= 4 is 28.9 Å². The zero-order valence-corrected chi connectivity index (χ0v) is 17.0. The maximum absolute atomic E-state index is 12.6. The summed E-state index contributed by atoms with van der Waals surface area (Å²) in [6.45, 7) is 2.68. The Hall–Kier alpha value is -2.99. The minimum absolute atomic E-state index is 0.0909. The molecule has 1 atom stereocenters. The molecule has 1 unspecified atom stereocenters. The van der Waals surface area contributed by atoms with Gasteiger partial charge in [0.2, 0.25) is 5.91 Å². The summed E-state index contributed by atoms with van der Waals surface area (Å²) >= 11 is 0. The fourth-order valence-corrected chi connectivity index (χ4v) is 3.43.